The molecule has 3 aromatic rings. The highest BCUT2D eigenvalue weighted by Crippen LogP contribution is 2.41. The van der Waals surface area contributed by atoms with Crippen LogP contribution < -0.4 is 4.74 Å². The number of hydrogen-bond donors (Lipinski definition) is 2. The van der Waals surface area contributed by atoms with Crippen molar-refractivity contribution in [2.45, 2.75) is 11.5 Å². The fourth-order valence-electron chi connectivity index (χ4n) is 2.87. The molecule has 4 nitrogen and oxygen atoms in total. The van der Waals surface area contributed by atoms with Crippen molar-refractivity contribution in [3.63, 3.8) is 0 Å². The second kappa shape index (κ2) is 6.51. The summed E-state index contributed by atoms with van der Waals surface area (Å²) in [5, 5.41) is 21.9. The molecule has 3 rings (SSSR count). The number of aliphatic hydroxyl groups excluding tert-OH is 2. The van der Waals surface area contributed by atoms with Crippen molar-refractivity contribution in [3.05, 3.63) is 78.6 Å². The Kier molecular flexibility index (Phi) is 4.42. The maximum absolute atomic E-state index is 10.9. The van der Waals surface area contributed by atoms with Crippen molar-refractivity contribution >= 4 is 11.0 Å². The van der Waals surface area contributed by atoms with Crippen LogP contribution in [0.1, 0.15) is 17.4 Å². The van der Waals surface area contributed by atoms with E-state index >= 15 is 0 Å². The third-order valence-corrected chi connectivity index (χ3v) is 4.43. The van der Waals surface area contributed by atoms with Crippen LogP contribution in [0.3, 0.4) is 0 Å². The van der Waals surface area contributed by atoms with E-state index in [1.807, 2.05) is 30.3 Å². The summed E-state index contributed by atoms with van der Waals surface area (Å²) in [6.07, 6.45) is 0.533. The number of hydrogen-bond acceptors (Lipinski definition) is 4. The van der Waals surface area contributed by atoms with Gasteiger partial charge in [-0.25, -0.2) is 0 Å². The average Bonchev–Trinajstić information content (AvgIpc) is 3.07. The van der Waals surface area contributed by atoms with Crippen LogP contribution in [0.4, 0.5) is 0 Å². The van der Waals surface area contributed by atoms with Gasteiger partial charge in [-0.1, -0.05) is 36.4 Å². The summed E-state index contributed by atoms with van der Waals surface area (Å²) in [5.41, 5.74) is 0.215. The summed E-state index contributed by atoms with van der Waals surface area (Å²) in [4.78, 5) is 0. The third-order valence-electron chi connectivity index (χ3n) is 4.43. The Labute approximate surface area is 140 Å². The van der Waals surface area contributed by atoms with Crippen molar-refractivity contribution in [1.82, 2.24) is 0 Å². The molecule has 4 heteroatoms. The first kappa shape index (κ1) is 16.3. The van der Waals surface area contributed by atoms with Gasteiger partial charge in [-0.2, -0.15) is 0 Å². The maximum Gasteiger partial charge on any atom is 0.134 e. The van der Waals surface area contributed by atoms with E-state index in [1.54, 1.807) is 37.5 Å². The zero-order valence-corrected chi connectivity index (χ0v) is 13.5. The number of methoxy groups -OCH3 is 1. The minimum atomic E-state index is -1.13. The first-order valence-electron chi connectivity index (χ1n) is 7.70. The molecule has 0 aliphatic rings. The normalized spacial score (nSPS) is 15.0. The van der Waals surface area contributed by atoms with Gasteiger partial charge in [0.25, 0.3) is 0 Å². The van der Waals surface area contributed by atoms with Crippen LogP contribution in [0, 0.1) is 0 Å². The fourth-order valence-corrected chi connectivity index (χ4v) is 2.87. The molecule has 0 saturated heterocycles. The van der Waals surface area contributed by atoms with Crippen molar-refractivity contribution in [2.75, 3.05) is 13.7 Å². The van der Waals surface area contributed by atoms with E-state index in [-0.39, 0.29) is 6.61 Å². The van der Waals surface area contributed by atoms with Crippen LogP contribution in [0.2, 0.25) is 0 Å². The van der Waals surface area contributed by atoms with Gasteiger partial charge in [0.1, 0.15) is 17.1 Å². The van der Waals surface area contributed by atoms with Crippen LogP contribution in [0.25, 0.3) is 11.0 Å². The molecule has 0 fully saturated rings. The van der Waals surface area contributed by atoms with Gasteiger partial charge in [-0.15, -0.1) is 6.58 Å². The highest BCUT2D eigenvalue weighted by molar-refractivity contribution is 5.78. The molecule has 0 bridgehead atoms. The topological polar surface area (TPSA) is 62.8 Å². The first-order chi connectivity index (χ1) is 11.6. The second-order valence-electron chi connectivity index (χ2n) is 5.73. The van der Waals surface area contributed by atoms with Crippen molar-refractivity contribution in [1.29, 1.82) is 0 Å². The van der Waals surface area contributed by atoms with Crippen molar-refractivity contribution < 1.29 is 19.4 Å². The minimum Gasteiger partial charge on any atom is -0.497 e. The molecular weight excluding hydrogens is 304 g/mol. The maximum atomic E-state index is 10.9. The number of aliphatic hydroxyl groups is 2. The molecule has 1 aromatic heterocycles. The highest BCUT2D eigenvalue weighted by atomic mass is 16.5. The minimum absolute atomic E-state index is 0.330. The smallest absolute Gasteiger partial charge is 0.134 e. The van der Waals surface area contributed by atoms with Crippen LogP contribution in [0.5, 0.6) is 5.75 Å². The fraction of sp³-hybridized carbons (Fsp3) is 0.200. The molecular formula is C20H20O4. The van der Waals surface area contributed by atoms with Gasteiger partial charge in [0.2, 0.25) is 0 Å². The molecule has 0 radical (unpaired) electrons. The lowest BCUT2D eigenvalue weighted by Crippen LogP contribution is -2.35. The van der Waals surface area contributed by atoms with Gasteiger partial charge < -0.3 is 19.4 Å². The number of para-hydroxylation sites is 1. The van der Waals surface area contributed by atoms with E-state index in [2.05, 4.69) is 6.58 Å². The molecule has 2 atom stereocenters. The van der Waals surface area contributed by atoms with Crippen molar-refractivity contribution in [3.8, 4) is 5.75 Å². The van der Waals surface area contributed by atoms with Crippen LogP contribution >= 0.6 is 0 Å². The lowest BCUT2D eigenvalue weighted by Gasteiger charge is -2.32. The summed E-state index contributed by atoms with van der Waals surface area (Å²) in [7, 11) is 1.58. The Morgan fingerprint density at radius 3 is 2.50 bits per heavy atom. The molecule has 1 heterocycles. The summed E-state index contributed by atoms with van der Waals surface area (Å²) in [6, 6.07) is 16.5. The average molecular weight is 324 g/mol. The molecule has 0 aliphatic heterocycles. The Hall–Kier alpha value is -2.56. The molecule has 0 saturated carbocycles. The summed E-state index contributed by atoms with van der Waals surface area (Å²) >= 11 is 0. The zero-order valence-electron chi connectivity index (χ0n) is 13.5. The second-order valence-corrected chi connectivity index (χ2v) is 5.73. The first-order valence-corrected chi connectivity index (χ1v) is 7.70. The standard InChI is InChI=1S/C20H20O4/c1-3-20(13-21,18-12-15-6-4-5-7-17(15)24-18)19(22)14-8-10-16(23-2)11-9-14/h3-12,19,21-22H,1,13H2,2H3/t19-,20+/m1/s1. The Morgan fingerprint density at radius 2 is 1.92 bits per heavy atom. The van der Waals surface area contributed by atoms with Crippen molar-refractivity contribution in [2.24, 2.45) is 0 Å². The number of furan rings is 1. The number of benzene rings is 2. The molecule has 2 N–H and O–H groups in total. The monoisotopic (exact) mass is 324 g/mol. The largest absolute Gasteiger partial charge is 0.497 e. The highest BCUT2D eigenvalue weighted by Gasteiger charge is 2.40. The lowest BCUT2D eigenvalue weighted by molar-refractivity contribution is 0.0533. The number of fused-ring (bicyclic) bond motifs is 1. The molecule has 0 aliphatic carbocycles. The van der Waals surface area contributed by atoms with E-state index in [9.17, 15) is 10.2 Å². The van der Waals surface area contributed by atoms with Crippen LogP contribution in [-0.2, 0) is 5.41 Å². The van der Waals surface area contributed by atoms with E-state index in [0.29, 0.717) is 22.7 Å². The lowest BCUT2D eigenvalue weighted by atomic mass is 9.77. The summed E-state index contributed by atoms with van der Waals surface area (Å²) in [6.45, 7) is 3.50. The number of rotatable bonds is 6. The van der Waals surface area contributed by atoms with Gasteiger partial charge in [0.15, 0.2) is 0 Å². The zero-order chi connectivity index (χ0) is 17.2. The molecule has 0 unspecified atom stereocenters. The Bertz CT molecular complexity index is 801. The van der Waals surface area contributed by atoms with Gasteiger partial charge in [0, 0.05) is 5.39 Å². The summed E-state index contributed by atoms with van der Waals surface area (Å²) in [5.74, 6) is 1.17. The van der Waals surface area contributed by atoms with E-state index in [1.165, 1.54) is 0 Å². The Balaban J connectivity index is 2.07. The number of ether oxygens (including phenoxy) is 1. The predicted molar refractivity (Wildman–Crippen MR) is 93.1 cm³/mol. The summed E-state index contributed by atoms with van der Waals surface area (Å²) < 4.78 is 11.0. The van der Waals surface area contributed by atoms with E-state index in [0.717, 1.165) is 5.39 Å². The SMILES string of the molecule is C=C[C@](CO)(c1cc2ccccc2o1)[C@H](O)c1ccc(OC)cc1. The predicted octanol–water partition coefficient (Wildman–Crippen LogP) is 3.59. The van der Waals surface area contributed by atoms with Gasteiger partial charge >= 0.3 is 0 Å². The quantitative estimate of drug-likeness (QED) is 0.680. The van der Waals surface area contributed by atoms with E-state index in [4.69, 9.17) is 9.15 Å². The third kappa shape index (κ3) is 2.60. The molecule has 124 valence electrons. The van der Waals surface area contributed by atoms with Crippen LogP contribution in [0.15, 0.2) is 71.7 Å². The molecule has 0 spiro atoms. The molecule has 0 amide bonds. The molecule has 24 heavy (non-hydrogen) atoms. The van der Waals surface area contributed by atoms with Gasteiger partial charge in [-0.3, -0.25) is 0 Å². The van der Waals surface area contributed by atoms with Gasteiger partial charge in [0.05, 0.1) is 25.2 Å². The molecule has 2 aromatic carbocycles. The van der Waals surface area contributed by atoms with E-state index < -0.39 is 11.5 Å². The Morgan fingerprint density at radius 1 is 1.21 bits per heavy atom. The van der Waals surface area contributed by atoms with Crippen LogP contribution in [-0.4, -0.2) is 23.9 Å². The van der Waals surface area contributed by atoms with Gasteiger partial charge in [-0.05, 0) is 29.8 Å².